The van der Waals surface area contributed by atoms with Crippen LogP contribution in [0, 0.1) is 6.65 Å². The number of methoxy groups -OCH3 is 1. The quantitative estimate of drug-likeness (QED) is 0.325. The second-order valence-corrected chi connectivity index (χ2v) is 4.95. The van der Waals surface area contributed by atoms with Crippen molar-refractivity contribution in [3.05, 3.63) is 31.2 Å². The first-order valence-electron chi connectivity index (χ1n) is 3.02. The molecule has 1 rings (SSSR count). The molecule has 1 heterocycles. The second kappa shape index (κ2) is 12.8. The predicted molar refractivity (Wildman–Crippen MR) is 46.0 cm³/mol. The number of halogens is 2. The van der Waals surface area contributed by atoms with E-state index in [1.807, 2.05) is 0 Å². The number of ether oxygens (including phenoxy) is 1. The Morgan fingerprint density at radius 3 is 2.07 bits per heavy atom. The Bertz CT molecular complexity index is 242. The summed E-state index contributed by atoms with van der Waals surface area (Å²) in [6.07, 6.45) is 3.00. The Balaban J connectivity index is 0. The molecular formula is C7H8Cl2NO3Pt+. The molecule has 7 heteroatoms. The van der Waals surface area contributed by atoms with E-state index in [0.29, 0.717) is 0 Å². The van der Waals surface area contributed by atoms with Crippen molar-refractivity contribution in [2.75, 3.05) is 7.11 Å². The van der Waals surface area contributed by atoms with E-state index in [1.165, 1.54) is 12.4 Å². The summed E-state index contributed by atoms with van der Waals surface area (Å²) in [5.74, 6) is 0.736. The first-order chi connectivity index (χ1) is 6.74. The molecule has 0 atom stereocenters. The molecular weight excluding hydrogens is 412 g/mol. The molecule has 14 heavy (non-hydrogen) atoms. The first-order valence-corrected chi connectivity index (χ1v) is 8.65. The minimum atomic E-state index is -0.472. The molecule has 0 aliphatic heterocycles. The summed E-state index contributed by atoms with van der Waals surface area (Å²) in [5, 5.41) is 8.71. The molecule has 0 radical (unpaired) electrons. The molecule has 82 valence electrons. The van der Waals surface area contributed by atoms with Gasteiger partial charge in [-0.05, 0) is 0 Å². The fourth-order valence-electron chi connectivity index (χ4n) is 0.541. The van der Waals surface area contributed by atoms with E-state index in [1.54, 1.807) is 19.2 Å². The third kappa shape index (κ3) is 9.84. The van der Waals surface area contributed by atoms with Gasteiger partial charge in [0.1, 0.15) is 5.75 Å². The van der Waals surface area contributed by atoms with Crippen LogP contribution in [0.15, 0.2) is 24.5 Å². The fourth-order valence-corrected chi connectivity index (χ4v) is 0.541. The summed E-state index contributed by atoms with van der Waals surface area (Å²) in [7, 11) is 11.3. The molecule has 0 aliphatic carbocycles. The molecule has 0 aliphatic rings. The van der Waals surface area contributed by atoms with Gasteiger partial charge in [0.15, 0.2) is 0 Å². The second-order valence-electron chi connectivity index (χ2n) is 1.66. The van der Waals surface area contributed by atoms with Gasteiger partial charge in [0.05, 0.1) is 7.11 Å². The van der Waals surface area contributed by atoms with Gasteiger partial charge in [-0.3, -0.25) is 5.21 Å². The molecule has 0 fully saturated rings. The van der Waals surface area contributed by atoms with Crippen LogP contribution in [0.3, 0.4) is 0 Å². The topological polar surface area (TPSA) is 53.2 Å². The van der Waals surface area contributed by atoms with Crippen LogP contribution in [0.1, 0.15) is 0 Å². The molecule has 0 saturated heterocycles. The third-order valence-electron chi connectivity index (χ3n) is 1.02. The molecule has 0 spiro atoms. The van der Waals surface area contributed by atoms with Crippen molar-refractivity contribution in [3.63, 3.8) is 0 Å². The number of pyridine rings is 1. The van der Waals surface area contributed by atoms with Crippen molar-refractivity contribution >= 4 is 18.8 Å². The van der Waals surface area contributed by atoms with E-state index in [2.05, 4.69) is 6.65 Å². The van der Waals surface area contributed by atoms with Crippen molar-refractivity contribution in [3.8, 4) is 5.75 Å². The van der Waals surface area contributed by atoms with Gasteiger partial charge in [0.2, 0.25) is 12.4 Å². The zero-order valence-electron chi connectivity index (χ0n) is 7.09. The monoisotopic (exact) mass is 419 g/mol. The maximum absolute atomic E-state index is 8.71. The van der Waals surface area contributed by atoms with E-state index < -0.39 is 16.5 Å². The molecule has 1 aromatic rings. The Labute approximate surface area is 98.5 Å². The van der Waals surface area contributed by atoms with E-state index >= 15 is 0 Å². The molecule has 4 nitrogen and oxygen atoms in total. The van der Waals surface area contributed by atoms with E-state index in [-0.39, 0.29) is 0 Å². The van der Waals surface area contributed by atoms with Gasteiger partial charge >= 0.3 is 46.6 Å². The van der Waals surface area contributed by atoms with Crippen LogP contribution in [-0.2, 0) is 21.1 Å². The maximum atomic E-state index is 8.71. The summed E-state index contributed by atoms with van der Waals surface area (Å²) in [6, 6.07) is 3.33. The zero-order valence-corrected chi connectivity index (χ0v) is 10.9. The van der Waals surface area contributed by atoms with Gasteiger partial charge in [0, 0.05) is 16.9 Å². The number of rotatable bonds is 1. The Hall–Kier alpha value is -0.242. The molecule has 0 bridgehead atoms. The molecule has 1 N–H and O–H groups in total. The summed E-state index contributed by atoms with van der Waals surface area (Å²) >= 11 is -0.472. The normalized spacial score (nSPS) is 7.50. The number of aromatic nitrogens is 1. The van der Waals surface area contributed by atoms with Gasteiger partial charge < -0.3 is 4.74 Å². The Morgan fingerprint density at radius 2 is 1.79 bits per heavy atom. The van der Waals surface area contributed by atoms with Crippen molar-refractivity contribution in [1.29, 1.82) is 0 Å². The molecule has 1 aromatic heterocycles. The summed E-state index contributed by atoms with van der Waals surface area (Å²) in [4.78, 5) is 0. The van der Waals surface area contributed by atoms with Crippen LogP contribution in [0.2, 0.25) is 0 Å². The molecule has 0 aromatic carbocycles. The number of nitrogens with zero attached hydrogens (tertiary/aromatic N) is 1. The van der Waals surface area contributed by atoms with Crippen molar-refractivity contribution < 1.29 is 35.8 Å². The van der Waals surface area contributed by atoms with E-state index in [9.17, 15) is 0 Å². The Morgan fingerprint density at radius 1 is 1.43 bits per heavy atom. The standard InChI is InChI=1S/C6H8NO2.CO.2ClH.Pt/c1-9-6-2-4-7(8)5-3-6;1-2;;;/h2-5,8H,1H3;;2*1H;/q+1;;;;+2/p-2. The number of hydrogen-bond acceptors (Lipinski definition) is 2. The van der Waals surface area contributed by atoms with Crippen LogP contribution < -0.4 is 9.47 Å². The molecule has 0 amide bonds. The van der Waals surface area contributed by atoms with E-state index in [0.717, 1.165) is 10.5 Å². The van der Waals surface area contributed by atoms with Gasteiger partial charge in [-0.25, -0.2) is 0 Å². The third-order valence-corrected chi connectivity index (χ3v) is 1.02. The average Bonchev–Trinajstić information content (AvgIpc) is 2.23. The van der Waals surface area contributed by atoms with Crippen molar-refractivity contribution in [2.45, 2.75) is 0 Å². The van der Waals surface area contributed by atoms with Gasteiger partial charge in [-0.15, -0.1) is 0 Å². The number of hydrogen-bond donors (Lipinski definition) is 1. The SMILES string of the molecule is COc1cc[n+](O)cc1.[C-]#[O+].[Cl][Pt][Cl]. The fraction of sp³-hybridized carbons (Fsp3) is 0.143. The van der Waals surface area contributed by atoms with Crippen LogP contribution >= 0.6 is 18.8 Å². The van der Waals surface area contributed by atoms with Crippen LogP contribution in [0.4, 0.5) is 0 Å². The summed E-state index contributed by atoms with van der Waals surface area (Å²) in [6.45, 7) is 4.50. The Kier molecular flexibility index (Phi) is 14.8. The summed E-state index contributed by atoms with van der Waals surface area (Å²) < 4.78 is 13.3. The predicted octanol–water partition coefficient (Wildman–Crippen LogP) is 1.56. The van der Waals surface area contributed by atoms with Crippen molar-refractivity contribution in [2.24, 2.45) is 0 Å². The first kappa shape index (κ1) is 16.2. The van der Waals surface area contributed by atoms with Crippen LogP contribution in [0.25, 0.3) is 0 Å². The van der Waals surface area contributed by atoms with Crippen molar-refractivity contribution in [1.82, 2.24) is 0 Å². The minimum absolute atomic E-state index is 0.472. The zero-order chi connectivity index (χ0) is 11.4. The average molecular weight is 420 g/mol. The summed E-state index contributed by atoms with van der Waals surface area (Å²) in [5.41, 5.74) is 0. The van der Waals surface area contributed by atoms with Crippen LogP contribution in [-0.4, -0.2) is 12.3 Å². The van der Waals surface area contributed by atoms with Gasteiger partial charge in [0.25, 0.3) is 0 Å². The van der Waals surface area contributed by atoms with E-state index in [4.69, 9.17) is 33.4 Å². The molecule has 0 saturated carbocycles. The van der Waals surface area contributed by atoms with Gasteiger partial charge in [-0.1, -0.05) is 0 Å². The van der Waals surface area contributed by atoms with Gasteiger partial charge in [-0.2, -0.15) is 0 Å². The molecule has 0 unspecified atom stereocenters. The van der Waals surface area contributed by atoms with Crippen LogP contribution in [0.5, 0.6) is 5.75 Å².